The lowest BCUT2D eigenvalue weighted by Gasteiger charge is -2.38. The Morgan fingerprint density at radius 1 is 1.19 bits per heavy atom. The summed E-state index contributed by atoms with van der Waals surface area (Å²) in [7, 11) is 3.45. The summed E-state index contributed by atoms with van der Waals surface area (Å²) in [5.74, 6) is -0.101. The van der Waals surface area contributed by atoms with Crippen molar-refractivity contribution in [3.8, 4) is 6.07 Å². The van der Waals surface area contributed by atoms with Gasteiger partial charge in [-0.1, -0.05) is 30.3 Å². The van der Waals surface area contributed by atoms with Crippen LogP contribution in [0.5, 0.6) is 0 Å². The Balaban J connectivity index is 2.17. The highest BCUT2D eigenvalue weighted by Gasteiger charge is 2.35. The van der Waals surface area contributed by atoms with Crippen LogP contribution >= 0.6 is 12.2 Å². The van der Waals surface area contributed by atoms with Crippen LogP contribution in [0.4, 0.5) is 5.69 Å². The molecule has 0 saturated heterocycles. The monoisotopic (exact) mass is 376 g/mol. The molecular formula is C21H20N4OS. The van der Waals surface area contributed by atoms with Crippen LogP contribution in [0, 0.1) is 11.3 Å². The molecule has 3 rings (SSSR count). The minimum atomic E-state index is -0.416. The quantitative estimate of drug-likeness (QED) is 0.833. The van der Waals surface area contributed by atoms with E-state index in [0.29, 0.717) is 16.2 Å². The topological polar surface area (TPSA) is 59.4 Å². The second kappa shape index (κ2) is 7.60. The number of nitriles is 1. The summed E-state index contributed by atoms with van der Waals surface area (Å²) in [5, 5.41) is 13.0. The van der Waals surface area contributed by atoms with E-state index in [-0.39, 0.29) is 5.91 Å². The van der Waals surface area contributed by atoms with Crippen LogP contribution in [0.1, 0.15) is 24.1 Å². The molecule has 136 valence electrons. The van der Waals surface area contributed by atoms with E-state index < -0.39 is 6.04 Å². The van der Waals surface area contributed by atoms with Gasteiger partial charge in [-0.25, -0.2) is 0 Å². The fourth-order valence-electron chi connectivity index (χ4n) is 3.19. The van der Waals surface area contributed by atoms with E-state index in [0.717, 1.165) is 16.9 Å². The Bertz CT molecular complexity index is 960. The first-order chi connectivity index (χ1) is 12.9. The molecule has 1 unspecified atom stereocenters. The zero-order chi connectivity index (χ0) is 19.6. The number of allylic oxidation sites excluding steroid dienone is 1. The molecule has 0 spiro atoms. The largest absolute Gasteiger partial charge is 0.351 e. The molecule has 2 aromatic rings. The Labute approximate surface area is 164 Å². The smallest absolute Gasteiger partial charge is 0.253 e. The van der Waals surface area contributed by atoms with Crippen LogP contribution in [-0.4, -0.2) is 30.0 Å². The van der Waals surface area contributed by atoms with E-state index in [9.17, 15) is 10.1 Å². The standard InChI is InChI=1S/C21H20N4OS/c1-14-18(20(26)24(2)3)19(16-9-7-8-15(12-16)13-22)23-21(27)25(14)17-10-5-4-6-11-17/h4-12,19H,1-3H3,(H,23,27). The maximum Gasteiger partial charge on any atom is 0.253 e. The van der Waals surface area contributed by atoms with Crippen LogP contribution in [0.25, 0.3) is 0 Å². The SMILES string of the molecule is CC1=C(C(=O)N(C)C)C(c2cccc(C#N)c2)NC(=S)N1c1ccccc1. The van der Waals surface area contributed by atoms with Gasteiger partial charge < -0.3 is 10.2 Å². The summed E-state index contributed by atoms with van der Waals surface area (Å²) in [6.07, 6.45) is 0. The van der Waals surface area contributed by atoms with E-state index in [1.165, 1.54) is 0 Å². The Morgan fingerprint density at radius 3 is 2.52 bits per heavy atom. The molecule has 1 atom stereocenters. The Morgan fingerprint density at radius 2 is 1.89 bits per heavy atom. The number of hydrogen-bond acceptors (Lipinski definition) is 3. The maximum atomic E-state index is 13.0. The Hall–Kier alpha value is -3.17. The first-order valence-corrected chi connectivity index (χ1v) is 8.93. The molecule has 0 saturated carbocycles. The number of anilines is 1. The number of rotatable bonds is 3. The van der Waals surface area contributed by atoms with Crippen LogP contribution in [0.3, 0.4) is 0 Å². The van der Waals surface area contributed by atoms with Crippen molar-refractivity contribution in [3.05, 3.63) is 77.0 Å². The van der Waals surface area contributed by atoms with Gasteiger partial charge in [0.2, 0.25) is 0 Å². The van der Waals surface area contributed by atoms with Gasteiger partial charge in [0.15, 0.2) is 5.11 Å². The molecule has 0 radical (unpaired) electrons. The molecule has 1 aliphatic heterocycles. The van der Waals surface area contributed by atoms with Gasteiger partial charge in [0.25, 0.3) is 5.91 Å². The second-order valence-electron chi connectivity index (χ2n) is 6.49. The van der Waals surface area contributed by atoms with Crippen molar-refractivity contribution >= 4 is 28.9 Å². The first kappa shape index (κ1) is 18.6. The van der Waals surface area contributed by atoms with Gasteiger partial charge in [0, 0.05) is 25.5 Å². The number of nitrogens with one attached hydrogen (secondary N) is 1. The van der Waals surface area contributed by atoms with Crippen LogP contribution in [0.2, 0.25) is 0 Å². The molecule has 27 heavy (non-hydrogen) atoms. The summed E-state index contributed by atoms with van der Waals surface area (Å²) in [6.45, 7) is 1.90. The van der Waals surface area contributed by atoms with E-state index in [1.54, 1.807) is 31.1 Å². The fourth-order valence-corrected chi connectivity index (χ4v) is 3.55. The van der Waals surface area contributed by atoms with Crippen LogP contribution in [0.15, 0.2) is 65.9 Å². The molecule has 1 amide bonds. The average molecular weight is 376 g/mol. The predicted octanol–water partition coefficient (Wildman–Crippen LogP) is 3.36. The molecule has 0 fully saturated rings. The third kappa shape index (κ3) is 3.55. The molecule has 0 aliphatic carbocycles. The molecule has 5 nitrogen and oxygen atoms in total. The highest BCUT2D eigenvalue weighted by atomic mass is 32.1. The van der Waals surface area contributed by atoms with Gasteiger partial charge in [-0.2, -0.15) is 5.26 Å². The molecule has 1 aliphatic rings. The number of amides is 1. The van der Waals surface area contributed by atoms with Gasteiger partial charge in [0.05, 0.1) is 23.2 Å². The molecule has 1 N–H and O–H groups in total. The summed E-state index contributed by atoms with van der Waals surface area (Å²) in [6, 6.07) is 18.7. The number of hydrogen-bond donors (Lipinski definition) is 1. The number of likely N-dealkylation sites (N-methyl/N-ethyl adjacent to an activating group) is 1. The average Bonchev–Trinajstić information content (AvgIpc) is 2.68. The summed E-state index contributed by atoms with van der Waals surface area (Å²) in [4.78, 5) is 16.4. The van der Waals surface area contributed by atoms with Crippen molar-refractivity contribution in [3.63, 3.8) is 0 Å². The predicted molar refractivity (Wildman–Crippen MR) is 110 cm³/mol. The number of carbonyl (C=O) groups is 1. The van der Waals surface area contributed by atoms with Crippen molar-refractivity contribution in [2.45, 2.75) is 13.0 Å². The normalized spacial score (nSPS) is 16.6. The zero-order valence-electron chi connectivity index (χ0n) is 15.4. The third-order valence-electron chi connectivity index (χ3n) is 4.48. The highest BCUT2D eigenvalue weighted by molar-refractivity contribution is 7.80. The molecular weight excluding hydrogens is 356 g/mol. The first-order valence-electron chi connectivity index (χ1n) is 8.52. The van der Waals surface area contributed by atoms with Crippen molar-refractivity contribution in [2.24, 2.45) is 0 Å². The van der Waals surface area contributed by atoms with Gasteiger partial charge >= 0.3 is 0 Å². The van der Waals surface area contributed by atoms with E-state index in [2.05, 4.69) is 11.4 Å². The lowest BCUT2D eigenvalue weighted by atomic mass is 9.93. The van der Waals surface area contributed by atoms with Crippen molar-refractivity contribution < 1.29 is 4.79 Å². The van der Waals surface area contributed by atoms with E-state index >= 15 is 0 Å². The summed E-state index contributed by atoms with van der Waals surface area (Å²) < 4.78 is 0. The number of thiocarbonyl (C=S) groups is 1. The second-order valence-corrected chi connectivity index (χ2v) is 6.88. The maximum absolute atomic E-state index is 13.0. The fraction of sp³-hybridized carbons (Fsp3) is 0.190. The van der Waals surface area contributed by atoms with E-state index in [4.69, 9.17) is 12.2 Å². The third-order valence-corrected chi connectivity index (χ3v) is 4.79. The zero-order valence-corrected chi connectivity index (χ0v) is 16.2. The van der Waals surface area contributed by atoms with Gasteiger partial charge in [-0.3, -0.25) is 9.69 Å². The molecule has 0 aromatic heterocycles. The number of nitrogens with zero attached hydrogens (tertiary/aromatic N) is 3. The number of carbonyl (C=O) groups excluding carboxylic acids is 1. The number of para-hydroxylation sites is 1. The molecule has 6 heteroatoms. The lowest BCUT2D eigenvalue weighted by molar-refractivity contribution is -0.125. The van der Waals surface area contributed by atoms with E-state index in [1.807, 2.05) is 54.3 Å². The molecule has 1 heterocycles. The van der Waals surface area contributed by atoms with Gasteiger partial charge in [-0.05, 0) is 49.0 Å². The summed E-state index contributed by atoms with van der Waals surface area (Å²) in [5.41, 5.74) is 3.64. The minimum absolute atomic E-state index is 0.101. The van der Waals surface area contributed by atoms with Crippen LogP contribution in [-0.2, 0) is 4.79 Å². The number of benzene rings is 2. The molecule has 2 aromatic carbocycles. The van der Waals surface area contributed by atoms with Gasteiger partial charge in [0.1, 0.15) is 0 Å². The van der Waals surface area contributed by atoms with Gasteiger partial charge in [-0.15, -0.1) is 0 Å². The Kier molecular flexibility index (Phi) is 5.24. The van der Waals surface area contributed by atoms with Crippen LogP contribution < -0.4 is 10.2 Å². The summed E-state index contributed by atoms with van der Waals surface area (Å²) >= 11 is 5.62. The van der Waals surface area contributed by atoms with Crippen molar-refractivity contribution in [1.82, 2.24) is 10.2 Å². The van der Waals surface area contributed by atoms with Crippen molar-refractivity contribution in [2.75, 3.05) is 19.0 Å². The lowest BCUT2D eigenvalue weighted by Crippen LogP contribution is -2.49. The van der Waals surface area contributed by atoms with Crippen molar-refractivity contribution in [1.29, 1.82) is 5.26 Å². The highest BCUT2D eigenvalue weighted by Crippen LogP contribution is 2.34. The minimum Gasteiger partial charge on any atom is -0.351 e. The molecule has 0 bridgehead atoms.